The van der Waals surface area contributed by atoms with Crippen LogP contribution in [-0.2, 0) is 0 Å². The lowest BCUT2D eigenvalue weighted by Crippen LogP contribution is -2.05. The molecule has 0 saturated heterocycles. The molecule has 0 amide bonds. The average Bonchev–Trinajstić information content (AvgIpc) is 2.36. The zero-order valence-corrected chi connectivity index (χ0v) is 11.5. The second-order valence-electron chi connectivity index (χ2n) is 3.93. The minimum absolute atomic E-state index is 0.119. The van der Waals surface area contributed by atoms with Gasteiger partial charge in [-0.3, -0.25) is 0 Å². The van der Waals surface area contributed by atoms with E-state index in [0.29, 0.717) is 5.69 Å². The summed E-state index contributed by atoms with van der Waals surface area (Å²) in [6.07, 6.45) is 1.25. The third-order valence-electron chi connectivity index (χ3n) is 2.49. The first-order valence-electron chi connectivity index (χ1n) is 5.40. The molecule has 0 atom stereocenters. The van der Waals surface area contributed by atoms with Gasteiger partial charge in [0.15, 0.2) is 11.6 Å². The summed E-state index contributed by atoms with van der Waals surface area (Å²) in [6, 6.07) is 6.64. The lowest BCUT2D eigenvalue weighted by molar-refractivity contribution is 0.0692. The minimum Gasteiger partial charge on any atom is -0.478 e. The molecule has 2 N–H and O–H groups in total. The molecule has 1 aromatic heterocycles. The number of rotatable bonds is 3. The smallest absolute Gasteiger partial charge is 0.338 e. The van der Waals surface area contributed by atoms with E-state index in [2.05, 4.69) is 26.2 Å². The minimum atomic E-state index is -1.33. The van der Waals surface area contributed by atoms with Crippen molar-refractivity contribution in [2.75, 3.05) is 5.32 Å². The third kappa shape index (κ3) is 2.90. The summed E-state index contributed by atoms with van der Waals surface area (Å²) in [5.74, 6) is -2.33. The number of aromatic carboxylic acids is 1. The zero-order valence-electron chi connectivity index (χ0n) is 9.95. The van der Waals surface area contributed by atoms with Gasteiger partial charge in [-0.15, -0.1) is 0 Å². The summed E-state index contributed by atoms with van der Waals surface area (Å²) < 4.78 is 14.7. The molecule has 1 heterocycles. The quantitative estimate of drug-likeness (QED) is 0.902. The van der Waals surface area contributed by atoms with Crippen LogP contribution < -0.4 is 5.32 Å². The van der Waals surface area contributed by atoms with Crippen molar-refractivity contribution in [1.82, 2.24) is 4.98 Å². The Bertz CT molecular complexity index is 647. The molecule has 2 aromatic rings. The van der Waals surface area contributed by atoms with E-state index in [1.807, 2.05) is 19.1 Å². The summed E-state index contributed by atoms with van der Waals surface area (Å²) in [5, 5.41) is 11.6. The fraction of sp³-hybridized carbons (Fsp3) is 0.0769. The van der Waals surface area contributed by atoms with Gasteiger partial charge in [0.05, 0.1) is 5.69 Å². The van der Waals surface area contributed by atoms with Gasteiger partial charge in [0.1, 0.15) is 5.56 Å². The summed E-state index contributed by atoms with van der Waals surface area (Å²) in [4.78, 5) is 14.7. The van der Waals surface area contributed by atoms with Crippen LogP contribution in [0.25, 0.3) is 0 Å². The second-order valence-corrected chi connectivity index (χ2v) is 4.79. The van der Waals surface area contributed by atoms with Crippen LogP contribution in [0.2, 0.25) is 0 Å². The van der Waals surface area contributed by atoms with Crippen LogP contribution in [0.3, 0.4) is 0 Å². The number of aryl methyl sites for hydroxylation is 1. The van der Waals surface area contributed by atoms with E-state index in [0.717, 1.165) is 16.1 Å². The average molecular weight is 325 g/mol. The number of nitrogens with one attached hydrogen (secondary N) is 1. The molecule has 0 saturated carbocycles. The van der Waals surface area contributed by atoms with Crippen LogP contribution >= 0.6 is 15.9 Å². The monoisotopic (exact) mass is 324 g/mol. The van der Waals surface area contributed by atoms with E-state index in [9.17, 15) is 9.18 Å². The fourth-order valence-corrected chi connectivity index (χ4v) is 1.90. The standard InChI is InChI=1S/C13H10BrFN2O2/c1-7-2-3-9(14)10(6-7)17-12-11(15)8(13(18)19)4-5-16-12/h2-6H,1H3,(H,16,17)(H,18,19). The fourth-order valence-electron chi connectivity index (χ4n) is 1.56. The predicted molar refractivity (Wildman–Crippen MR) is 73.3 cm³/mol. The van der Waals surface area contributed by atoms with Crippen molar-refractivity contribution >= 4 is 33.4 Å². The molecule has 2 rings (SSSR count). The van der Waals surface area contributed by atoms with Gasteiger partial charge in [-0.2, -0.15) is 0 Å². The molecule has 0 spiro atoms. The number of benzene rings is 1. The van der Waals surface area contributed by atoms with E-state index in [1.165, 1.54) is 6.20 Å². The van der Waals surface area contributed by atoms with Crippen LogP contribution in [-0.4, -0.2) is 16.1 Å². The summed E-state index contributed by atoms with van der Waals surface area (Å²) in [7, 11) is 0. The molecule has 1 aromatic carbocycles. The normalized spacial score (nSPS) is 10.3. The second kappa shape index (κ2) is 5.36. The van der Waals surface area contributed by atoms with Crippen molar-refractivity contribution in [3.05, 3.63) is 51.9 Å². The number of hydrogen-bond acceptors (Lipinski definition) is 3. The van der Waals surface area contributed by atoms with Gasteiger partial charge in [0.2, 0.25) is 0 Å². The molecular formula is C13H10BrFN2O2. The summed E-state index contributed by atoms with van der Waals surface area (Å²) >= 11 is 3.33. The number of nitrogens with zero attached hydrogens (tertiary/aromatic N) is 1. The van der Waals surface area contributed by atoms with Crippen molar-refractivity contribution < 1.29 is 14.3 Å². The predicted octanol–water partition coefficient (Wildman–Crippen LogP) is 3.73. The number of pyridine rings is 1. The van der Waals surface area contributed by atoms with Gasteiger partial charge in [0.25, 0.3) is 0 Å². The molecule has 0 bridgehead atoms. The van der Waals surface area contributed by atoms with Gasteiger partial charge < -0.3 is 10.4 Å². The molecule has 6 heteroatoms. The van der Waals surface area contributed by atoms with E-state index in [1.54, 1.807) is 6.07 Å². The Labute approximate surface area is 117 Å². The number of carboxylic acids is 1. The lowest BCUT2D eigenvalue weighted by Gasteiger charge is -2.10. The van der Waals surface area contributed by atoms with Crippen LogP contribution in [0.5, 0.6) is 0 Å². The Morgan fingerprint density at radius 2 is 2.16 bits per heavy atom. The highest BCUT2D eigenvalue weighted by atomic mass is 79.9. The SMILES string of the molecule is Cc1ccc(Br)c(Nc2nccc(C(=O)O)c2F)c1. The maximum Gasteiger partial charge on any atom is 0.338 e. The largest absolute Gasteiger partial charge is 0.478 e. The Balaban J connectivity index is 2.41. The van der Waals surface area contributed by atoms with E-state index in [-0.39, 0.29) is 5.82 Å². The number of hydrogen-bond donors (Lipinski definition) is 2. The zero-order chi connectivity index (χ0) is 14.0. The number of halogens is 2. The topological polar surface area (TPSA) is 62.2 Å². The number of carboxylic acid groups (broad SMARTS) is 1. The van der Waals surface area contributed by atoms with Crippen molar-refractivity contribution in [3.8, 4) is 0 Å². The summed E-state index contributed by atoms with van der Waals surface area (Å²) in [6.45, 7) is 1.90. The van der Waals surface area contributed by atoms with Gasteiger partial charge in [0, 0.05) is 10.7 Å². The van der Waals surface area contributed by atoms with Crippen LogP contribution in [0, 0.1) is 12.7 Å². The van der Waals surface area contributed by atoms with E-state index >= 15 is 0 Å². The van der Waals surface area contributed by atoms with Crippen molar-refractivity contribution in [2.45, 2.75) is 6.92 Å². The molecule has 0 radical (unpaired) electrons. The highest BCUT2D eigenvalue weighted by molar-refractivity contribution is 9.10. The first-order valence-corrected chi connectivity index (χ1v) is 6.19. The van der Waals surface area contributed by atoms with Crippen molar-refractivity contribution in [2.24, 2.45) is 0 Å². The maximum atomic E-state index is 13.9. The summed E-state index contributed by atoms with van der Waals surface area (Å²) in [5.41, 5.74) is 1.19. The first-order chi connectivity index (χ1) is 8.99. The molecule has 0 fully saturated rings. The van der Waals surface area contributed by atoms with Crippen LogP contribution in [0.4, 0.5) is 15.9 Å². The molecular weight excluding hydrogens is 315 g/mol. The van der Waals surface area contributed by atoms with Gasteiger partial charge in [-0.25, -0.2) is 14.2 Å². The van der Waals surface area contributed by atoms with E-state index < -0.39 is 17.3 Å². The Kier molecular flexibility index (Phi) is 3.80. The highest BCUT2D eigenvalue weighted by Gasteiger charge is 2.15. The van der Waals surface area contributed by atoms with Crippen molar-refractivity contribution in [1.29, 1.82) is 0 Å². The van der Waals surface area contributed by atoms with Gasteiger partial charge in [-0.1, -0.05) is 6.07 Å². The molecule has 0 aliphatic carbocycles. The molecule has 0 aliphatic rings. The number of anilines is 2. The molecule has 98 valence electrons. The molecule has 4 nitrogen and oxygen atoms in total. The third-order valence-corrected chi connectivity index (χ3v) is 3.19. The molecule has 0 aliphatic heterocycles. The first kappa shape index (κ1) is 13.5. The van der Waals surface area contributed by atoms with Crippen LogP contribution in [0.15, 0.2) is 34.9 Å². The van der Waals surface area contributed by atoms with E-state index in [4.69, 9.17) is 5.11 Å². The highest BCUT2D eigenvalue weighted by Crippen LogP contribution is 2.27. The lowest BCUT2D eigenvalue weighted by atomic mass is 10.2. The Hall–Kier alpha value is -1.95. The molecule has 19 heavy (non-hydrogen) atoms. The number of aromatic nitrogens is 1. The van der Waals surface area contributed by atoms with Gasteiger partial charge in [-0.05, 0) is 46.6 Å². The van der Waals surface area contributed by atoms with Crippen LogP contribution in [0.1, 0.15) is 15.9 Å². The van der Waals surface area contributed by atoms with Gasteiger partial charge >= 0.3 is 5.97 Å². The molecule has 0 unspecified atom stereocenters. The maximum absolute atomic E-state index is 13.9. The Morgan fingerprint density at radius 3 is 2.84 bits per heavy atom. The van der Waals surface area contributed by atoms with Crippen molar-refractivity contribution in [3.63, 3.8) is 0 Å². The number of carbonyl (C=O) groups is 1. The Morgan fingerprint density at radius 1 is 1.42 bits per heavy atom.